The molecule has 0 aromatic carbocycles. The van der Waals surface area contributed by atoms with E-state index in [2.05, 4.69) is 38.8 Å². The van der Waals surface area contributed by atoms with Gasteiger partial charge in [-0.25, -0.2) is 4.98 Å². The maximum atomic E-state index is 5.26. The molecule has 0 unspecified atom stereocenters. The quantitative estimate of drug-likeness (QED) is 0.779. The zero-order valence-corrected chi connectivity index (χ0v) is 10.2. The number of pyridine rings is 1. The Balaban J connectivity index is 1.77. The molecule has 3 heterocycles. The lowest BCUT2D eigenvalue weighted by Crippen LogP contribution is -2.66. The molecule has 3 nitrogen and oxygen atoms in total. The highest BCUT2D eigenvalue weighted by Gasteiger charge is 2.49. The highest BCUT2D eigenvalue weighted by molar-refractivity contribution is 9.10. The number of hydrogen-bond acceptors (Lipinski definition) is 3. The molecule has 15 heavy (non-hydrogen) atoms. The molecule has 2 aliphatic rings. The molecule has 0 atom stereocenters. The third kappa shape index (κ3) is 1.47. The molecule has 0 saturated carbocycles. The molecule has 0 N–H and O–H groups in total. The first-order valence-electron chi connectivity index (χ1n) is 5.13. The van der Waals surface area contributed by atoms with E-state index >= 15 is 0 Å². The zero-order valence-electron chi connectivity index (χ0n) is 8.66. The normalized spacial score (nSPS) is 22.4. The molecule has 4 heteroatoms. The molecule has 1 aromatic rings. The van der Waals surface area contributed by atoms with Crippen molar-refractivity contribution < 1.29 is 4.74 Å². The molecule has 2 fully saturated rings. The third-order valence-corrected chi connectivity index (χ3v) is 3.62. The molecule has 1 spiro atoms. The van der Waals surface area contributed by atoms with Gasteiger partial charge in [0.15, 0.2) is 0 Å². The van der Waals surface area contributed by atoms with E-state index in [-0.39, 0.29) is 0 Å². The van der Waals surface area contributed by atoms with Crippen LogP contribution in [0.4, 0.5) is 5.82 Å². The lowest BCUT2D eigenvalue weighted by atomic mass is 9.78. The molecular formula is C11H13BrN2O. The summed E-state index contributed by atoms with van der Waals surface area (Å²) in [7, 11) is 0. The standard InChI is InChI=1S/C11H13BrN2O/c1-8-2-9(12)3-13-10(8)14-4-11(5-14)6-15-7-11/h2-3H,4-7H2,1H3. The van der Waals surface area contributed by atoms with E-state index in [1.54, 1.807) is 0 Å². The fourth-order valence-corrected chi connectivity index (χ4v) is 2.80. The highest BCUT2D eigenvalue weighted by Crippen LogP contribution is 2.40. The van der Waals surface area contributed by atoms with Crippen molar-refractivity contribution in [2.75, 3.05) is 31.2 Å². The van der Waals surface area contributed by atoms with Crippen LogP contribution in [0, 0.1) is 12.3 Å². The van der Waals surface area contributed by atoms with Crippen LogP contribution in [-0.4, -0.2) is 31.3 Å². The van der Waals surface area contributed by atoms with Gasteiger partial charge in [0.25, 0.3) is 0 Å². The van der Waals surface area contributed by atoms with Crippen molar-refractivity contribution in [3.63, 3.8) is 0 Å². The Kier molecular flexibility index (Phi) is 2.04. The Morgan fingerprint density at radius 1 is 1.47 bits per heavy atom. The highest BCUT2D eigenvalue weighted by atomic mass is 79.9. The molecule has 3 rings (SSSR count). The van der Waals surface area contributed by atoms with Gasteiger partial charge in [0.2, 0.25) is 0 Å². The summed E-state index contributed by atoms with van der Waals surface area (Å²) in [6.45, 7) is 6.17. The number of hydrogen-bond donors (Lipinski definition) is 0. The van der Waals surface area contributed by atoms with Gasteiger partial charge in [-0.1, -0.05) is 0 Å². The van der Waals surface area contributed by atoms with Crippen LogP contribution in [0.1, 0.15) is 5.56 Å². The van der Waals surface area contributed by atoms with Crippen LogP contribution in [-0.2, 0) is 4.74 Å². The Hall–Kier alpha value is -0.610. The van der Waals surface area contributed by atoms with Crippen molar-refractivity contribution in [2.45, 2.75) is 6.92 Å². The van der Waals surface area contributed by atoms with Crippen LogP contribution in [0.25, 0.3) is 0 Å². The minimum Gasteiger partial charge on any atom is -0.380 e. The van der Waals surface area contributed by atoms with Crippen molar-refractivity contribution in [3.05, 3.63) is 22.3 Å². The first kappa shape index (κ1) is 9.60. The van der Waals surface area contributed by atoms with Gasteiger partial charge in [0.1, 0.15) is 5.82 Å². The van der Waals surface area contributed by atoms with Gasteiger partial charge in [0.05, 0.1) is 18.6 Å². The van der Waals surface area contributed by atoms with Gasteiger partial charge in [-0.15, -0.1) is 0 Å². The Morgan fingerprint density at radius 2 is 2.20 bits per heavy atom. The van der Waals surface area contributed by atoms with Crippen LogP contribution < -0.4 is 4.90 Å². The second kappa shape index (κ2) is 3.19. The van der Waals surface area contributed by atoms with E-state index in [4.69, 9.17) is 4.74 Å². The number of aromatic nitrogens is 1. The van der Waals surface area contributed by atoms with E-state index < -0.39 is 0 Å². The van der Waals surface area contributed by atoms with E-state index in [1.165, 1.54) is 5.56 Å². The van der Waals surface area contributed by atoms with Crippen molar-refractivity contribution in [1.29, 1.82) is 0 Å². The van der Waals surface area contributed by atoms with E-state index in [1.807, 2.05) is 6.20 Å². The SMILES string of the molecule is Cc1cc(Br)cnc1N1CC2(COC2)C1. The number of halogens is 1. The van der Waals surface area contributed by atoms with Crippen molar-refractivity contribution >= 4 is 21.7 Å². The van der Waals surface area contributed by atoms with Gasteiger partial charge in [-0.05, 0) is 34.5 Å². The Bertz CT molecular complexity index is 396. The number of anilines is 1. The number of aryl methyl sites for hydroxylation is 1. The van der Waals surface area contributed by atoms with E-state index in [0.29, 0.717) is 5.41 Å². The topological polar surface area (TPSA) is 25.4 Å². The number of ether oxygens (including phenoxy) is 1. The summed E-state index contributed by atoms with van der Waals surface area (Å²) in [5.41, 5.74) is 1.70. The number of rotatable bonds is 1. The van der Waals surface area contributed by atoms with Gasteiger partial charge in [0, 0.05) is 23.8 Å². The second-order valence-electron chi connectivity index (χ2n) is 4.64. The largest absolute Gasteiger partial charge is 0.380 e. The van der Waals surface area contributed by atoms with Gasteiger partial charge >= 0.3 is 0 Å². The van der Waals surface area contributed by atoms with Crippen molar-refractivity contribution in [1.82, 2.24) is 4.98 Å². The maximum Gasteiger partial charge on any atom is 0.131 e. The lowest BCUT2D eigenvalue weighted by Gasteiger charge is -2.55. The summed E-state index contributed by atoms with van der Waals surface area (Å²) in [4.78, 5) is 6.80. The van der Waals surface area contributed by atoms with Crippen LogP contribution in [0.3, 0.4) is 0 Å². The molecule has 2 saturated heterocycles. The monoisotopic (exact) mass is 268 g/mol. The molecule has 0 bridgehead atoms. The first-order chi connectivity index (χ1) is 7.19. The predicted molar refractivity (Wildman–Crippen MR) is 62.1 cm³/mol. The smallest absolute Gasteiger partial charge is 0.131 e. The van der Waals surface area contributed by atoms with Crippen LogP contribution in [0.2, 0.25) is 0 Å². The van der Waals surface area contributed by atoms with Gasteiger partial charge < -0.3 is 9.64 Å². The minimum absolute atomic E-state index is 0.460. The molecule has 0 radical (unpaired) electrons. The van der Waals surface area contributed by atoms with Crippen molar-refractivity contribution in [2.24, 2.45) is 5.41 Å². The molecular weight excluding hydrogens is 256 g/mol. The lowest BCUT2D eigenvalue weighted by molar-refractivity contribution is -0.127. The fourth-order valence-electron chi connectivity index (χ4n) is 2.35. The average molecular weight is 269 g/mol. The van der Waals surface area contributed by atoms with E-state index in [9.17, 15) is 0 Å². The number of nitrogens with zero attached hydrogens (tertiary/aromatic N) is 2. The Labute approximate surface area is 97.6 Å². The predicted octanol–water partition coefficient (Wildman–Crippen LogP) is 1.99. The summed E-state index contributed by atoms with van der Waals surface area (Å²) >= 11 is 3.43. The van der Waals surface area contributed by atoms with E-state index in [0.717, 1.165) is 36.6 Å². The summed E-state index contributed by atoms with van der Waals surface area (Å²) in [6, 6.07) is 2.12. The second-order valence-corrected chi connectivity index (χ2v) is 5.56. The van der Waals surface area contributed by atoms with Gasteiger partial charge in [-0.3, -0.25) is 0 Å². The Morgan fingerprint density at radius 3 is 2.73 bits per heavy atom. The summed E-state index contributed by atoms with van der Waals surface area (Å²) in [5.74, 6) is 1.12. The molecule has 0 amide bonds. The first-order valence-corrected chi connectivity index (χ1v) is 5.93. The molecule has 1 aromatic heterocycles. The minimum atomic E-state index is 0.460. The van der Waals surface area contributed by atoms with Crippen LogP contribution >= 0.6 is 15.9 Å². The summed E-state index contributed by atoms with van der Waals surface area (Å²) < 4.78 is 6.31. The molecule has 0 aliphatic carbocycles. The summed E-state index contributed by atoms with van der Waals surface area (Å²) in [5, 5.41) is 0. The van der Waals surface area contributed by atoms with Crippen molar-refractivity contribution in [3.8, 4) is 0 Å². The van der Waals surface area contributed by atoms with Gasteiger partial charge in [-0.2, -0.15) is 0 Å². The molecule has 2 aliphatic heterocycles. The van der Waals surface area contributed by atoms with Crippen LogP contribution in [0.5, 0.6) is 0 Å². The maximum absolute atomic E-state index is 5.26. The zero-order chi connectivity index (χ0) is 10.5. The van der Waals surface area contributed by atoms with Crippen LogP contribution in [0.15, 0.2) is 16.7 Å². The summed E-state index contributed by atoms with van der Waals surface area (Å²) in [6.07, 6.45) is 1.87. The third-order valence-electron chi connectivity index (χ3n) is 3.19. The average Bonchev–Trinajstić information content (AvgIpc) is 2.03. The molecule has 80 valence electrons. The fraction of sp³-hybridized carbons (Fsp3) is 0.545.